The van der Waals surface area contributed by atoms with Gasteiger partial charge in [0.2, 0.25) is 5.91 Å². The van der Waals surface area contributed by atoms with Gasteiger partial charge in [-0.05, 0) is 50.6 Å². The molecule has 0 fully saturated rings. The minimum atomic E-state index is 0.0184. The summed E-state index contributed by atoms with van der Waals surface area (Å²) in [4.78, 5) is 13.9. The fourth-order valence-corrected chi connectivity index (χ4v) is 2.05. The third-order valence-electron chi connectivity index (χ3n) is 2.81. The lowest BCUT2D eigenvalue weighted by molar-refractivity contribution is -0.117. The normalized spacial score (nSPS) is 10.8. The van der Waals surface area contributed by atoms with E-state index in [2.05, 4.69) is 11.4 Å². The van der Waals surface area contributed by atoms with Crippen molar-refractivity contribution in [1.29, 1.82) is 0 Å². The van der Waals surface area contributed by atoms with Gasteiger partial charge in [0.15, 0.2) is 0 Å². The fraction of sp³-hybridized carbons (Fsp3) is 0.533. The number of nitrogens with one attached hydrogen (secondary N) is 1. The van der Waals surface area contributed by atoms with E-state index in [1.54, 1.807) is 7.11 Å². The van der Waals surface area contributed by atoms with Crippen LogP contribution in [0.1, 0.15) is 17.5 Å². The summed E-state index contributed by atoms with van der Waals surface area (Å²) in [7, 11) is 3.63. The fourth-order valence-electron chi connectivity index (χ4n) is 2.05. The van der Waals surface area contributed by atoms with E-state index in [0.717, 1.165) is 36.4 Å². The van der Waals surface area contributed by atoms with E-state index in [1.165, 1.54) is 0 Å². The number of carbonyl (C=O) groups excluding carboxylic acids is 1. The highest BCUT2D eigenvalue weighted by Gasteiger charge is 2.07. The third kappa shape index (κ3) is 6.36. The molecule has 106 valence electrons. The number of benzene rings is 1. The van der Waals surface area contributed by atoms with Crippen LogP contribution in [0.2, 0.25) is 0 Å². The van der Waals surface area contributed by atoms with Gasteiger partial charge in [0.1, 0.15) is 0 Å². The quantitative estimate of drug-likeness (QED) is 0.768. The highest BCUT2D eigenvalue weighted by Crippen LogP contribution is 2.13. The maximum absolute atomic E-state index is 11.9. The topological polar surface area (TPSA) is 41.6 Å². The van der Waals surface area contributed by atoms with Gasteiger partial charge in [-0.1, -0.05) is 6.07 Å². The summed E-state index contributed by atoms with van der Waals surface area (Å²) in [6, 6.07) is 6.05. The first kappa shape index (κ1) is 15.7. The second kappa shape index (κ2) is 7.92. The molecule has 1 aromatic carbocycles. The maximum atomic E-state index is 11.9. The highest BCUT2D eigenvalue weighted by molar-refractivity contribution is 5.92. The van der Waals surface area contributed by atoms with Crippen molar-refractivity contribution in [2.75, 3.05) is 39.2 Å². The van der Waals surface area contributed by atoms with E-state index in [-0.39, 0.29) is 5.91 Å². The largest absolute Gasteiger partial charge is 0.385 e. The van der Waals surface area contributed by atoms with Crippen LogP contribution in [0.4, 0.5) is 5.69 Å². The number of rotatable bonds is 7. The molecule has 0 heterocycles. The number of carbonyl (C=O) groups is 1. The van der Waals surface area contributed by atoms with E-state index < -0.39 is 0 Å². The molecule has 0 aliphatic rings. The Labute approximate surface area is 115 Å². The molecule has 0 radical (unpaired) electrons. The lowest BCUT2D eigenvalue weighted by Gasteiger charge is -2.16. The van der Waals surface area contributed by atoms with Crippen molar-refractivity contribution >= 4 is 11.6 Å². The van der Waals surface area contributed by atoms with Gasteiger partial charge in [-0.3, -0.25) is 9.69 Å². The second-order valence-corrected chi connectivity index (χ2v) is 5.01. The Balaban J connectivity index is 2.42. The molecule has 4 heteroatoms. The van der Waals surface area contributed by atoms with Crippen LogP contribution in [-0.2, 0) is 9.53 Å². The molecule has 1 aromatic rings. The molecule has 0 bridgehead atoms. The number of hydrogen-bond donors (Lipinski definition) is 1. The summed E-state index contributed by atoms with van der Waals surface area (Å²) in [5.41, 5.74) is 3.18. The molecule has 0 unspecified atom stereocenters. The van der Waals surface area contributed by atoms with Gasteiger partial charge in [0.25, 0.3) is 0 Å². The van der Waals surface area contributed by atoms with E-state index in [9.17, 15) is 4.79 Å². The Bertz CT molecular complexity index is 398. The van der Waals surface area contributed by atoms with Crippen LogP contribution in [-0.4, -0.2) is 44.7 Å². The lowest BCUT2D eigenvalue weighted by Crippen LogP contribution is -2.31. The van der Waals surface area contributed by atoms with Crippen LogP contribution >= 0.6 is 0 Å². The molecule has 1 rings (SSSR count). The van der Waals surface area contributed by atoms with Gasteiger partial charge in [-0.25, -0.2) is 0 Å². The first-order valence-electron chi connectivity index (χ1n) is 6.57. The zero-order chi connectivity index (χ0) is 14.3. The van der Waals surface area contributed by atoms with Crippen LogP contribution < -0.4 is 5.32 Å². The van der Waals surface area contributed by atoms with Gasteiger partial charge in [-0.2, -0.15) is 0 Å². The Morgan fingerprint density at radius 1 is 1.26 bits per heavy atom. The SMILES string of the molecule is COCCCN(C)CC(=O)Nc1cc(C)cc(C)c1. The van der Waals surface area contributed by atoms with Crippen LogP contribution in [0, 0.1) is 13.8 Å². The number of likely N-dealkylation sites (N-methyl/N-ethyl adjacent to an activating group) is 1. The van der Waals surface area contributed by atoms with E-state index >= 15 is 0 Å². The number of nitrogens with zero attached hydrogens (tertiary/aromatic N) is 1. The first-order chi connectivity index (χ1) is 9.01. The smallest absolute Gasteiger partial charge is 0.238 e. The minimum Gasteiger partial charge on any atom is -0.385 e. The summed E-state index contributed by atoms with van der Waals surface area (Å²) in [5.74, 6) is 0.0184. The number of aryl methyl sites for hydroxylation is 2. The van der Waals surface area contributed by atoms with Crippen LogP contribution in [0.3, 0.4) is 0 Å². The number of methoxy groups -OCH3 is 1. The van der Waals surface area contributed by atoms with E-state index in [1.807, 2.05) is 37.9 Å². The average molecular weight is 264 g/mol. The number of anilines is 1. The standard InChI is InChI=1S/C15H24N2O2/c1-12-8-13(2)10-14(9-12)16-15(18)11-17(3)6-5-7-19-4/h8-10H,5-7,11H2,1-4H3,(H,16,18). The molecule has 0 atom stereocenters. The summed E-state index contributed by atoms with van der Waals surface area (Å²) in [5, 5.41) is 2.93. The highest BCUT2D eigenvalue weighted by atomic mass is 16.5. The molecule has 0 aliphatic heterocycles. The van der Waals surface area contributed by atoms with Gasteiger partial charge in [0, 0.05) is 25.9 Å². The molecule has 0 aromatic heterocycles. The zero-order valence-electron chi connectivity index (χ0n) is 12.3. The van der Waals surface area contributed by atoms with Crippen molar-refractivity contribution in [1.82, 2.24) is 4.90 Å². The molecule has 1 N–H and O–H groups in total. The number of ether oxygens (including phenoxy) is 1. The summed E-state index contributed by atoms with van der Waals surface area (Å²) < 4.78 is 4.99. The van der Waals surface area contributed by atoms with Gasteiger partial charge in [-0.15, -0.1) is 0 Å². The predicted molar refractivity (Wildman–Crippen MR) is 78.5 cm³/mol. The van der Waals surface area contributed by atoms with Crippen molar-refractivity contribution in [3.05, 3.63) is 29.3 Å². The summed E-state index contributed by atoms with van der Waals surface area (Å²) in [6.45, 7) is 6.03. The molecular weight excluding hydrogens is 240 g/mol. The average Bonchev–Trinajstić information content (AvgIpc) is 2.27. The summed E-state index contributed by atoms with van der Waals surface area (Å²) in [6.07, 6.45) is 0.934. The van der Waals surface area contributed by atoms with E-state index in [0.29, 0.717) is 6.54 Å². The first-order valence-corrected chi connectivity index (χ1v) is 6.57. The zero-order valence-corrected chi connectivity index (χ0v) is 12.3. The Morgan fingerprint density at radius 2 is 1.89 bits per heavy atom. The number of hydrogen-bond acceptors (Lipinski definition) is 3. The van der Waals surface area contributed by atoms with Crippen molar-refractivity contribution in [3.8, 4) is 0 Å². The number of amides is 1. The maximum Gasteiger partial charge on any atom is 0.238 e. The lowest BCUT2D eigenvalue weighted by atomic mass is 10.1. The Morgan fingerprint density at radius 3 is 2.47 bits per heavy atom. The van der Waals surface area contributed by atoms with E-state index in [4.69, 9.17) is 4.74 Å². The molecule has 1 amide bonds. The molecule has 0 aliphatic carbocycles. The molecular formula is C15H24N2O2. The monoisotopic (exact) mass is 264 g/mol. The second-order valence-electron chi connectivity index (χ2n) is 5.01. The van der Waals surface area contributed by atoms with Crippen molar-refractivity contribution in [2.24, 2.45) is 0 Å². The van der Waals surface area contributed by atoms with Gasteiger partial charge >= 0.3 is 0 Å². The minimum absolute atomic E-state index is 0.0184. The van der Waals surface area contributed by atoms with Gasteiger partial charge < -0.3 is 10.1 Å². The molecule has 19 heavy (non-hydrogen) atoms. The van der Waals surface area contributed by atoms with Crippen molar-refractivity contribution in [2.45, 2.75) is 20.3 Å². The Kier molecular flexibility index (Phi) is 6.53. The van der Waals surface area contributed by atoms with Crippen molar-refractivity contribution < 1.29 is 9.53 Å². The van der Waals surface area contributed by atoms with Crippen molar-refractivity contribution in [3.63, 3.8) is 0 Å². The van der Waals surface area contributed by atoms with Crippen LogP contribution in [0.25, 0.3) is 0 Å². The van der Waals surface area contributed by atoms with Gasteiger partial charge in [0.05, 0.1) is 6.54 Å². The summed E-state index contributed by atoms with van der Waals surface area (Å²) >= 11 is 0. The third-order valence-corrected chi connectivity index (χ3v) is 2.81. The van der Waals surface area contributed by atoms with Crippen LogP contribution in [0.15, 0.2) is 18.2 Å². The predicted octanol–water partition coefficient (Wildman–Crippen LogP) is 2.21. The molecule has 0 saturated heterocycles. The molecule has 0 saturated carbocycles. The molecule has 0 spiro atoms. The van der Waals surface area contributed by atoms with Crippen LogP contribution in [0.5, 0.6) is 0 Å². The Hall–Kier alpha value is -1.39. The molecule has 4 nitrogen and oxygen atoms in total.